The Balaban J connectivity index is 2.75. The molecule has 0 amide bonds. The van der Waals surface area contributed by atoms with Crippen LogP contribution < -0.4 is 10.0 Å². The summed E-state index contributed by atoms with van der Waals surface area (Å²) in [5.74, 6) is -0.714. The fourth-order valence-electron chi connectivity index (χ4n) is 1.18. The van der Waals surface area contributed by atoms with Crippen molar-refractivity contribution in [3.05, 3.63) is 23.9 Å². The summed E-state index contributed by atoms with van der Waals surface area (Å²) in [6.07, 6.45) is -3.33. The lowest BCUT2D eigenvalue weighted by Crippen LogP contribution is -2.26. The van der Waals surface area contributed by atoms with E-state index in [0.717, 1.165) is 6.07 Å². The van der Waals surface area contributed by atoms with Gasteiger partial charge < -0.3 is 5.32 Å². The van der Waals surface area contributed by atoms with Crippen molar-refractivity contribution in [3.63, 3.8) is 0 Å². The maximum Gasteiger partial charge on any atom is 0.419 e. The van der Waals surface area contributed by atoms with Gasteiger partial charge in [0, 0.05) is 12.7 Å². The first-order valence-corrected chi connectivity index (χ1v) is 6.59. The van der Waals surface area contributed by atoms with Crippen LogP contribution in [0.15, 0.2) is 18.3 Å². The molecule has 1 aromatic rings. The average molecular weight is 283 g/mol. The van der Waals surface area contributed by atoms with E-state index in [-0.39, 0.29) is 18.1 Å². The third-order valence-corrected chi connectivity index (χ3v) is 3.45. The van der Waals surface area contributed by atoms with Gasteiger partial charge in [-0.05, 0) is 19.2 Å². The van der Waals surface area contributed by atoms with Crippen molar-refractivity contribution in [3.8, 4) is 0 Å². The van der Waals surface area contributed by atoms with E-state index in [1.54, 1.807) is 0 Å². The summed E-state index contributed by atoms with van der Waals surface area (Å²) >= 11 is 0. The smallest absolute Gasteiger partial charge is 0.368 e. The van der Waals surface area contributed by atoms with E-state index >= 15 is 0 Å². The highest BCUT2D eigenvalue weighted by atomic mass is 32.2. The molecule has 0 aliphatic heterocycles. The molecule has 9 heteroatoms. The second kappa shape index (κ2) is 5.53. The van der Waals surface area contributed by atoms with Gasteiger partial charge in [-0.25, -0.2) is 18.1 Å². The Kier molecular flexibility index (Phi) is 4.52. The van der Waals surface area contributed by atoms with Crippen molar-refractivity contribution < 1.29 is 21.6 Å². The summed E-state index contributed by atoms with van der Waals surface area (Å²) in [6, 6.07) is 2.04. The lowest BCUT2D eigenvalue weighted by atomic mass is 10.2. The van der Waals surface area contributed by atoms with E-state index in [0.29, 0.717) is 0 Å². The Labute approximate surface area is 102 Å². The zero-order valence-corrected chi connectivity index (χ0v) is 10.3. The minimum absolute atomic E-state index is 0.163. The molecule has 0 radical (unpaired) electrons. The molecule has 0 aromatic carbocycles. The van der Waals surface area contributed by atoms with Gasteiger partial charge in [0.15, 0.2) is 0 Å². The zero-order valence-electron chi connectivity index (χ0n) is 9.45. The molecular formula is C9H12F3N3O2S. The third-order valence-electron chi connectivity index (χ3n) is 2.09. The van der Waals surface area contributed by atoms with Crippen molar-refractivity contribution >= 4 is 15.8 Å². The van der Waals surface area contributed by atoms with E-state index in [1.165, 1.54) is 19.3 Å². The lowest BCUT2D eigenvalue weighted by Gasteiger charge is -2.12. The number of hydrogen-bond donors (Lipinski definition) is 2. The predicted octanol–water partition coefficient (Wildman–Crippen LogP) is 1.06. The van der Waals surface area contributed by atoms with Gasteiger partial charge in [-0.1, -0.05) is 0 Å². The Hall–Kier alpha value is -1.35. The van der Waals surface area contributed by atoms with Crippen LogP contribution in [0.1, 0.15) is 5.56 Å². The number of alkyl halides is 3. The van der Waals surface area contributed by atoms with Crippen molar-refractivity contribution in [2.45, 2.75) is 6.18 Å². The number of aromatic nitrogens is 1. The fraction of sp³-hybridized carbons (Fsp3) is 0.444. The highest BCUT2D eigenvalue weighted by molar-refractivity contribution is 7.89. The quantitative estimate of drug-likeness (QED) is 0.847. The number of rotatable bonds is 5. The second-order valence-electron chi connectivity index (χ2n) is 3.35. The van der Waals surface area contributed by atoms with Gasteiger partial charge in [-0.2, -0.15) is 13.2 Å². The van der Waals surface area contributed by atoms with E-state index in [9.17, 15) is 21.6 Å². The second-order valence-corrected chi connectivity index (χ2v) is 5.39. The Morgan fingerprint density at radius 3 is 2.61 bits per heavy atom. The van der Waals surface area contributed by atoms with Gasteiger partial charge >= 0.3 is 6.18 Å². The van der Waals surface area contributed by atoms with Crippen LogP contribution in [0.25, 0.3) is 0 Å². The molecule has 102 valence electrons. The molecular weight excluding hydrogens is 271 g/mol. The van der Waals surface area contributed by atoms with Gasteiger partial charge in [-0.15, -0.1) is 0 Å². The topological polar surface area (TPSA) is 71.1 Å². The first kappa shape index (κ1) is 14.7. The number of nitrogens with one attached hydrogen (secondary N) is 2. The predicted molar refractivity (Wildman–Crippen MR) is 60.6 cm³/mol. The molecule has 18 heavy (non-hydrogen) atoms. The summed E-state index contributed by atoms with van der Waals surface area (Å²) in [4.78, 5) is 3.54. The molecule has 0 saturated carbocycles. The number of halogens is 3. The van der Waals surface area contributed by atoms with Gasteiger partial charge in [0.1, 0.15) is 5.82 Å². The van der Waals surface area contributed by atoms with Gasteiger partial charge in [0.25, 0.3) is 0 Å². The molecule has 1 heterocycles. The first-order chi connectivity index (χ1) is 8.26. The van der Waals surface area contributed by atoms with E-state index in [2.05, 4.69) is 15.0 Å². The largest absolute Gasteiger partial charge is 0.419 e. The van der Waals surface area contributed by atoms with Gasteiger partial charge in [-0.3, -0.25) is 0 Å². The SMILES string of the molecule is CNS(=O)(=O)CCNc1ncccc1C(F)(F)F. The molecule has 1 aromatic heterocycles. The normalized spacial score (nSPS) is 12.4. The highest BCUT2D eigenvalue weighted by Crippen LogP contribution is 2.33. The molecule has 0 saturated heterocycles. The van der Waals surface area contributed by atoms with Crippen molar-refractivity contribution in [2.24, 2.45) is 0 Å². The molecule has 0 aliphatic rings. The van der Waals surface area contributed by atoms with Crippen LogP contribution in [-0.2, 0) is 16.2 Å². The van der Waals surface area contributed by atoms with Crippen LogP contribution >= 0.6 is 0 Å². The van der Waals surface area contributed by atoms with Crippen LogP contribution in [0.2, 0.25) is 0 Å². The number of sulfonamides is 1. The molecule has 0 unspecified atom stereocenters. The van der Waals surface area contributed by atoms with Crippen molar-refractivity contribution in [2.75, 3.05) is 24.7 Å². The fourth-order valence-corrected chi connectivity index (χ4v) is 1.76. The monoisotopic (exact) mass is 283 g/mol. The highest BCUT2D eigenvalue weighted by Gasteiger charge is 2.33. The molecule has 0 atom stereocenters. The molecule has 5 nitrogen and oxygen atoms in total. The molecule has 0 aliphatic carbocycles. The van der Waals surface area contributed by atoms with Gasteiger partial charge in [0.05, 0.1) is 11.3 Å². The molecule has 0 bridgehead atoms. The maximum atomic E-state index is 12.6. The third kappa shape index (κ3) is 4.15. The summed E-state index contributed by atoms with van der Waals surface area (Å²) in [5, 5.41) is 2.36. The van der Waals surface area contributed by atoms with E-state index in [1.807, 2.05) is 0 Å². The Morgan fingerprint density at radius 1 is 1.39 bits per heavy atom. The molecule has 2 N–H and O–H groups in total. The Morgan fingerprint density at radius 2 is 2.06 bits per heavy atom. The summed E-state index contributed by atoms with van der Waals surface area (Å²) < 4.78 is 61.9. The molecule has 1 rings (SSSR count). The minimum atomic E-state index is -4.53. The van der Waals surface area contributed by atoms with Gasteiger partial charge in [0.2, 0.25) is 10.0 Å². The van der Waals surface area contributed by atoms with Crippen LogP contribution in [0.3, 0.4) is 0 Å². The van der Waals surface area contributed by atoms with E-state index < -0.39 is 21.8 Å². The number of hydrogen-bond acceptors (Lipinski definition) is 4. The maximum absolute atomic E-state index is 12.6. The summed E-state index contributed by atoms with van der Waals surface area (Å²) in [7, 11) is -2.23. The standard InChI is InChI=1S/C9H12F3N3O2S/c1-13-18(16,17)6-5-15-8-7(9(10,11)12)3-2-4-14-8/h2-4,13H,5-6H2,1H3,(H,14,15). The summed E-state index contributed by atoms with van der Waals surface area (Å²) in [5.41, 5.74) is -0.924. The first-order valence-electron chi connectivity index (χ1n) is 4.93. The Bertz CT molecular complexity index is 502. The van der Waals surface area contributed by atoms with Crippen LogP contribution in [0.5, 0.6) is 0 Å². The molecule has 0 fully saturated rings. The lowest BCUT2D eigenvalue weighted by molar-refractivity contribution is -0.137. The average Bonchev–Trinajstić information content (AvgIpc) is 2.28. The van der Waals surface area contributed by atoms with Crippen LogP contribution in [-0.4, -0.2) is 32.7 Å². The minimum Gasteiger partial charge on any atom is -0.368 e. The summed E-state index contributed by atoms with van der Waals surface area (Å²) in [6.45, 7) is -0.163. The van der Waals surface area contributed by atoms with E-state index in [4.69, 9.17) is 0 Å². The zero-order chi connectivity index (χ0) is 13.8. The van der Waals surface area contributed by atoms with Crippen molar-refractivity contribution in [1.29, 1.82) is 0 Å². The van der Waals surface area contributed by atoms with Crippen molar-refractivity contribution in [1.82, 2.24) is 9.71 Å². The van der Waals surface area contributed by atoms with Crippen LogP contribution in [0, 0.1) is 0 Å². The number of nitrogens with zero attached hydrogens (tertiary/aromatic N) is 1. The molecule has 0 spiro atoms. The number of pyridine rings is 1. The van der Waals surface area contributed by atoms with Crippen LogP contribution in [0.4, 0.5) is 19.0 Å². The number of anilines is 1.